The minimum Gasteiger partial charge on any atom is -0.310 e. The second-order valence-electron chi connectivity index (χ2n) is 10.7. The molecule has 0 fully saturated rings. The summed E-state index contributed by atoms with van der Waals surface area (Å²) in [5, 5.41) is 11.4. The first kappa shape index (κ1) is 27.2. The van der Waals surface area contributed by atoms with Gasteiger partial charge in [0.2, 0.25) is 0 Å². The molecule has 5 aromatic carbocycles. The molecule has 0 unspecified atom stereocenters. The lowest BCUT2D eigenvalue weighted by atomic mass is 10.0. The Morgan fingerprint density at radius 1 is 0.622 bits per heavy atom. The first-order valence-electron chi connectivity index (χ1n) is 14.2. The van der Waals surface area contributed by atoms with Crippen molar-refractivity contribution in [3.8, 4) is 45.4 Å². The van der Waals surface area contributed by atoms with Gasteiger partial charge in [0.1, 0.15) is 11.6 Å². The third-order valence-corrected chi connectivity index (χ3v) is 7.90. The van der Waals surface area contributed by atoms with E-state index in [4.69, 9.17) is 13.1 Å². The fraction of sp³-hybridized carbons (Fsp3) is 0.0526. The second kappa shape index (κ2) is 10.9. The van der Waals surface area contributed by atoms with Crippen molar-refractivity contribution in [3.63, 3.8) is 0 Å². The number of hydrogen-bond acceptors (Lipinski definition) is 4. The number of aryl methyl sites for hydroxylation is 2. The quantitative estimate of drug-likeness (QED) is 0.195. The number of rotatable bonds is 4. The molecule has 0 spiro atoms. The van der Waals surface area contributed by atoms with Crippen LogP contribution in [0.4, 0.5) is 11.4 Å². The van der Waals surface area contributed by atoms with Gasteiger partial charge in [-0.25, -0.2) is 24.6 Å². The van der Waals surface area contributed by atoms with E-state index in [2.05, 4.69) is 71.7 Å². The highest BCUT2D eigenvalue weighted by Gasteiger charge is 2.17. The monoisotopic (exact) mass is 577 g/mol. The maximum Gasteiger partial charge on any atom is 0.200 e. The highest BCUT2D eigenvalue weighted by Crippen LogP contribution is 2.39. The molecule has 0 saturated heterocycles. The summed E-state index contributed by atoms with van der Waals surface area (Å²) in [7, 11) is 0. The van der Waals surface area contributed by atoms with E-state index in [1.54, 1.807) is 0 Å². The van der Waals surface area contributed by atoms with E-state index in [-0.39, 0.29) is 0 Å². The van der Waals surface area contributed by atoms with Gasteiger partial charge in [0.25, 0.3) is 0 Å². The SMILES string of the molecule is [C-]#[N+]c1ccc(-c2ccc3c4ccc(-c5ccc(C#N)cc5)cc4n(-c4ccc(-c5nc(C)nc(C)n5)c([N+]#[C-])c4)c3c2)cc1. The summed E-state index contributed by atoms with van der Waals surface area (Å²) in [6.07, 6.45) is 0. The lowest BCUT2D eigenvalue weighted by molar-refractivity contribution is 0.929. The van der Waals surface area contributed by atoms with Crippen LogP contribution in [0.1, 0.15) is 17.2 Å². The van der Waals surface area contributed by atoms with Gasteiger partial charge in [-0.2, -0.15) is 5.26 Å². The number of nitriles is 1. The largest absolute Gasteiger partial charge is 0.310 e. The van der Waals surface area contributed by atoms with Crippen LogP contribution in [-0.2, 0) is 0 Å². The Morgan fingerprint density at radius 2 is 1.18 bits per heavy atom. The number of aromatic nitrogens is 4. The third-order valence-electron chi connectivity index (χ3n) is 7.90. The Labute approximate surface area is 260 Å². The lowest BCUT2D eigenvalue weighted by Crippen LogP contribution is -2.00. The molecule has 0 aliphatic rings. The highest BCUT2D eigenvalue weighted by molar-refractivity contribution is 6.11. The molecule has 0 bridgehead atoms. The maximum absolute atomic E-state index is 9.28. The number of hydrogen-bond donors (Lipinski definition) is 0. The van der Waals surface area contributed by atoms with E-state index in [9.17, 15) is 5.26 Å². The molecular weight excluding hydrogens is 554 g/mol. The van der Waals surface area contributed by atoms with Crippen molar-refractivity contribution in [1.29, 1.82) is 5.26 Å². The highest BCUT2D eigenvalue weighted by atomic mass is 15.0. The molecule has 210 valence electrons. The normalized spacial score (nSPS) is 10.8. The van der Waals surface area contributed by atoms with Crippen LogP contribution in [0.2, 0.25) is 0 Å². The zero-order chi connectivity index (χ0) is 31.1. The Kier molecular flexibility index (Phi) is 6.59. The summed E-state index contributed by atoms with van der Waals surface area (Å²) in [5.41, 5.74) is 9.18. The number of fused-ring (bicyclic) bond motifs is 3. The minimum atomic E-state index is 0.446. The van der Waals surface area contributed by atoms with Crippen LogP contribution in [0, 0.1) is 38.3 Å². The number of benzene rings is 5. The predicted molar refractivity (Wildman–Crippen MR) is 177 cm³/mol. The Balaban J connectivity index is 1.48. The van der Waals surface area contributed by atoms with Crippen LogP contribution in [0.15, 0.2) is 103 Å². The Morgan fingerprint density at radius 3 is 1.71 bits per heavy atom. The molecule has 7 rings (SSSR count). The van der Waals surface area contributed by atoms with Crippen LogP contribution < -0.4 is 0 Å². The van der Waals surface area contributed by atoms with Crippen LogP contribution in [0.25, 0.3) is 70.8 Å². The van der Waals surface area contributed by atoms with E-state index in [1.807, 2.05) is 80.6 Å². The molecule has 0 aliphatic heterocycles. The van der Waals surface area contributed by atoms with Crippen LogP contribution >= 0.6 is 0 Å². The summed E-state index contributed by atoms with van der Waals surface area (Å²) in [4.78, 5) is 20.7. The van der Waals surface area contributed by atoms with E-state index in [1.165, 1.54) is 0 Å². The average molecular weight is 578 g/mol. The van der Waals surface area contributed by atoms with Gasteiger partial charge in [-0.1, -0.05) is 66.7 Å². The molecule has 2 aromatic heterocycles. The van der Waals surface area contributed by atoms with Crippen LogP contribution in [-0.4, -0.2) is 19.5 Å². The molecule has 0 aliphatic carbocycles. The standard InChI is InChI=1S/C38H23N7/c1-23-42-24(2)44-38(43-23)34-18-15-31(21-35(34)41-4)45-36-19-28(26-7-5-25(22-39)6-8-26)11-16-32(36)33-17-12-29(20-37(33)45)27-9-13-30(40-3)14-10-27/h5-21H,1-2H3. The predicted octanol–water partition coefficient (Wildman–Crippen LogP) is 9.56. The summed E-state index contributed by atoms with van der Waals surface area (Å²) in [6.45, 7) is 19.0. The summed E-state index contributed by atoms with van der Waals surface area (Å²) in [5.74, 6) is 1.69. The van der Waals surface area contributed by atoms with Gasteiger partial charge in [-0.3, -0.25) is 0 Å². The van der Waals surface area contributed by atoms with Gasteiger partial charge in [0.15, 0.2) is 17.2 Å². The van der Waals surface area contributed by atoms with Crippen LogP contribution in [0.3, 0.4) is 0 Å². The van der Waals surface area contributed by atoms with Crippen molar-refractivity contribution in [3.05, 3.63) is 143 Å². The molecular formula is C38H23N7. The smallest absolute Gasteiger partial charge is 0.200 e. The van der Waals surface area contributed by atoms with Crippen molar-refractivity contribution in [2.24, 2.45) is 0 Å². The summed E-state index contributed by atoms with van der Waals surface area (Å²) in [6, 6.07) is 35.9. The Hall–Kier alpha value is -6.62. The van der Waals surface area contributed by atoms with E-state index >= 15 is 0 Å². The zero-order valence-electron chi connectivity index (χ0n) is 24.4. The summed E-state index contributed by atoms with van der Waals surface area (Å²) < 4.78 is 2.19. The summed E-state index contributed by atoms with van der Waals surface area (Å²) >= 11 is 0. The van der Waals surface area contributed by atoms with Crippen molar-refractivity contribution < 1.29 is 0 Å². The molecule has 0 atom stereocenters. The van der Waals surface area contributed by atoms with Crippen LogP contribution in [0.5, 0.6) is 0 Å². The second-order valence-corrected chi connectivity index (χ2v) is 10.7. The molecule has 7 aromatic rings. The topological polar surface area (TPSA) is 76.1 Å². The molecule has 0 saturated carbocycles. The Bertz CT molecular complexity index is 2280. The third kappa shape index (κ3) is 4.83. The fourth-order valence-corrected chi connectivity index (χ4v) is 5.80. The van der Waals surface area contributed by atoms with Crippen molar-refractivity contribution in [2.45, 2.75) is 13.8 Å². The van der Waals surface area contributed by atoms with Gasteiger partial charge in [0, 0.05) is 22.0 Å². The lowest BCUT2D eigenvalue weighted by Gasteiger charge is -2.12. The molecule has 45 heavy (non-hydrogen) atoms. The first-order valence-corrected chi connectivity index (χ1v) is 14.2. The van der Waals surface area contributed by atoms with Crippen molar-refractivity contribution >= 4 is 33.2 Å². The first-order chi connectivity index (χ1) is 21.9. The van der Waals surface area contributed by atoms with Gasteiger partial charge < -0.3 is 4.57 Å². The van der Waals surface area contributed by atoms with E-state index in [0.717, 1.165) is 49.7 Å². The van der Waals surface area contributed by atoms with Crippen molar-refractivity contribution in [2.75, 3.05) is 0 Å². The van der Waals surface area contributed by atoms with E-state index < -0.39 is 0 Å². The number of nitrogens with zero attached hydrogens (tertiary/aromatic N) is 7. The molecule has 0 radical (unpaired) electrons. The van der Waals surface area contributed by atoms with Gasteiger partial charge in [-0.15, -0.1) is 0 Å². The van der Waals surface area contributed by atoms with Gasteiger partial charge >= 0.3 is 0 Å². The average Bonchev–Trinajstić information content (AvgIpc) is 3.40. The molecule has 0 amide bonds. The van der Waals surface area contributed by atoms with Crippen molar-refractivity contribution in [1.82, 2.24) is 19.5 Å². The molecule has 7 heteroatoms. The molecule has 7 nitrogen and oxygen atoms in total. The zero-order valence-corrected chi connectivity index (χ0v) is 24.4. The van der Waals surface area contributed by atoms with Gasteiger partial charge in [-0.05, 0) is 72.5 Å². The van der Waals surface area contributed by atoms with E-state index in [0.29, 0.717) is 40.0 Å². The van der Waals surface area contributed by atoms with Gasteiger partial charge in [0.05, 0.1) is 35.8 Å². The molecule has 2 heterocycles. The maximum atomic E-state index is 9.28. The fourth-order valence-electron chi connectivity index (χ4n) is 5.80. The molecule has 0 N–H and O–H groups in total. The minimum absolute atomic E-state index is 0.446.